The summed E-state index contributed by atoms with van der Waals surface area (Å²) in [7, 11) is 0. The van der Waals surface area contributed by atoms with Gasteiger partial charge < -0.3 is 9.15 Å². The van der Waals surface area contributed by atoms with Gasteiger partial charge in [-0.1, -0.05) is 6.92 Å². The standard InChI is InChI=1S/C13H14O3/c1-3-9(2)15-11-5-6-12-10(8-11)4-7-13(14)16-12/h4-9H,3H2,1-2H3/t9-/m0/s1. The van der Waals surface area contributed by atoms with Gasteiger partial charge in [-0.3, -0.25) is 0 Å². The van der Waals surface area contributed by atoms with Crippen LogP contribution in [0.25, 0.3) is 11.0 Å². The molecule has 84 valence electrons. The molecule has 0 amide bonds. The van der Waals surface area contributed by atoms with E-state index in [2.05, 4.69) is 6.92 Å². The molecule has 1 heterocycles. The average molecular weight is 218 g/mol. The van der Waals surface area contributed by atoms with E-state index in [1.165, 1.54) is 6.07 Å². The van der Waals surface area contributed by atoms with Crippen molar-refractivity contribution in [2.75, 3.05) is 0 Å². The number of ether oxygens (including phenoxy) is 1. The predicted molar refractivity (Wildman–Crippen MR) is 62.9 cm³/mol. The average Bonchev–Trinajstić information content (AvgIpc) is 2.29. The molecule has 1 atom stereocenters. The van der Waals surface area contributed by atoms with E-state index in [9.17, 15) is 4.79 Å². The Balaban J connectivity index is 2.37. The second-order valence-electron chi connectivity index (χ2n) is 3.79. The van der Waals surface area contributed by atoms with E-state index in [-0.39, 0.29) is 11.7 Å². The van der Waals surface area contributed by atoms with Crippen molar-refractivity contribution in [2.45, 2.75) is 26.4 Å². The van der Waals surface area contributed by atoms with Crippen LogP contribution in [-0.4, -0.2) is 6.10 Å². The van der Waals surface area contributed by atoms with Crippen LogP contribution in [0.3, 0.4) is 0 Å². The number of hydrogen-bond acceptors (Lipinski definition) is 3. The summed E-state index contributed by atoms with van der Waals surface area (Å²) in [4.78, 5) is 11.0. The molecule has 2 aromatic rings. The molecule has 3 nitrogen and oxygen atoms in total. The molecule has 2 rings (SSSR count). The molecule has 1 aromatic heterocycles. The third-order valence-corrected chi connectivity index (χ3v) is 2.50. The molecule has 0 bridgehead atoms. The maximum atomic E-state index is 11.0. The number of benzene rings is 1. The van der Waals surface area contributed by atoms with Crippen LogP contribution >= 0.6 is 0 Å². The van der Waals surface area contributed by atoms with Crippen LogP contribution in [0.4, 0.5) is 0 Å². The van der Waals surface area contributed by atoms with E-state index in [0.29, 0.717) is 5.58 Å². The molecular weight excluding hydrogens is 204 g/mol. The molecule has 0 N–H and O–H groups in total. The highest BCUT2D eigenvalue weighted by Gasteiger charge is 2.03. The van der Waals surface area contributed by atoms with Gasteiger partial charge in [-0.15, -0.1) is 0 Å². The van der Waals surface area contributed by atoms with Crippen molar-refractivity contribution in [3.8, 4) is 5.75 Å². The topological polar surface area (TPSA) is 39.4 Å². The van der Waals surface area contributed by atoms with Crippen molar-refractivity contribution in [3.05, 3.63) is 40.8 Å². The summed E-state index contributed by atoms with van der Waals surface area (Å²) in [6.07, 6.45) is 1.15. The third kappa shape index (κ3) is 2.24. The van der Waals surface area contributed by atoms with Gasteiger partial charge in [-0.2, -0.15) is 0 Å². The van der Waals surface area contributed by atoms with Crippen molar-refractivity contribution >= 4 is 11.0 Å². The molecule has 0 saturated carbocycles. The highest BCUT2D eigenvalue weighted by Crippen LogP contribution is 2.20. The number of fused-ring (bicyclic) bond motifs is 1. The SMILES string of the molecule is CC[C@H](C)Oc1ccc2oc(=O)ccc2c1. The highest BCUT2D eigenvalue weighted by atomic mass is 16.5. The lowest BCUT2D eigenvalue weighted by Crippen LogP contribution is -2.09. The van der Waals surface area contributed by atoms with Gasteiger partial charge in [0, 0.05) is 11.5 Å². The molecule has 0 aliphatic rings. The van der Waals surface area contributed by atoms with Crippen molar-refractivity contribution < 1.29 is 9.15 Å². The van der Waals surface area contributed by atoms with E-state index in [4.69, 9.17) is 9.15 Å². The fraction of sp³-hybridized carbons (Fsp3) is 0.308. The fourth-order valence-corrected chi connectivity index (χ4v) is 1.44. The monoisotopic (exact) mass is 218 g/mol. The lowest BCUT2D eigenvalue weighted by atomic mass is 10.2. The first-order chi connectivity index (χ1) is 7.69. The smallest absolute Gasteiger partial charge is 0.336 e. The highest BCUT2D eigenvalue weighted by molar-refractivity contribution is 5.77. The van der Waals surface area contributed by atoms with Gasteiger partial charge in [0.05, 0.1) is 6.10 Å². The van der Waals surface area contributed by atoms with Gasteiger partial charge in [-0.05, 0) is 37.6 Å². The zero-order valence-electron chi connectivity index (χ0n) is 9.40. The van der Waals surface area contributed by atoms with Crippen LogP contribution in [-0.2, 0) is 0 Å². The Kier molecular flexibility index (Phi) is 2.95. The summed E-state index contributed by atoms with van der Waals surface area (Å²) in [5, 5.41) is 0.875. The minimum Gasteiger partial charge on any atom is -0.491 e. The third-order valence-electron chi connectivity index (χ3n) is 2.50. The molecule has 0 fully saturated rings. The van der Waals surface area contributed by atoms with Crippen LogP contribution in [0, 0.1) is 0 Å². The van der Waals surface area contributed by atoms with E-state index in [1.54, 1.807) is 12.1 Å². The summed E-state index contributed by atoms with van der Waals surface area (Å²) < 4.78 is 10.7. The number of rotatable bonds is 3. The molecule has 0 saturated heterocycles. The largest absolute Gasteiger partial charge is 0.491 e. The lowest BCUT2D eigenvalue weighted by Gasteiger charge is -2.12. The first-order valence-corrected chi connectivity index (χ1v) is 5.39. The normalized spacial score (nSPS) is 12.6. The first-order valence-electron chi connectivity index (χ1n) is 5.39. The Morgan fingerprint density at radius 2 is 2.12 bits per heavy atom. The van der Waals surface area contributed by atoms with Gasteiger partial charge in [0.15, 0.2) is 0 Å². The second kappa shape index (κ2) is 4.39. The number of hydrogen-bond donors (Lipinski definition) is 0. The summed E-state index contributed by atoms with van der Waals surface area (Å²) in [6, 6.07) is 8.61. The molecule has 1 aromatic carbocycles. The molecule has 16 heavy (non-hydrogen) atoms. The Morgan fingerprint density at radius 1 is 1.31 bits per heavy atom. The van der Waals surface area contributed by atoms with E-state index < -0.39 is 0 Å². The molecule has 0 aliphatic heterocycles. The maximum absolute atomic E-state index is 11.0. The van der Waals surface area contributed by atoms with Crippen molar-refractivity contribution in [3.63, 3.8) is 0 Å². The molecule has 3 heteroatoms. The molecule has 0 aliphatic carbocycles. The molecule has 0 unspecified atom stereocenters. The Labute approximate surface area is 93.7 Å². The van der Waals surface area contributed by atoms with Crippen LogP contribution in [0.1, 0.15) is 20.3 Å². The van der Waals surface area contributed by atoms with Gasteiger partial charge in [-0.25, -0.2) is 4.79 Å². The van der Waals surface area contributed by atoms with Gasteiger partial charge in [0.1, 0.15) is 11.3 Å². The molecule has 0 spiro atoms. The van der Waals surface area contributed by atoms with Crippen LogP contribution in [0.15, 0.2) is 39.5 Å². The quantitative estimate of drug-likeness (QED) is 0.743. The summed E-state index contributed by atoms with van der Waals surface area (Å²) >= 11 is 0. The van der Waals surface area contributed by atoms with Crippen molar-refractivity contribution in [1.29, 1.82) is 0 Å². The maximum Gasteiger partial charge on any atom is 0.336 e. The first kappa shape index (κ1) is 10.7. The Bertz CT molecular complexity index is 542. The van der Waals surface area contributed by atoms with E-state index >= 15 is 0 Å². The van der Waals surface area contributed by atoms with Crippen LogP contribution in [0.2, 0.25) is 0 Å². The van der Waals surface area contributed by atoms with Gasteiger partial charge >= 0.3 is 5.63 Å². The van der Waals surface area contributed by atoms with Gasteiger partial charge in [0.2, 0.25) is 0 Å². The van der Waals surface area contributed by atoms with Gasteiger partial charge in [0.25, 0.3) is 0 Å². The van der Waals surface area contributed by atoms with Crippen molar-refractivity contribution in [1.82, 2.24) is 0 Å². The van der Waals surface area contributed by atoms with E-state index in [1.807, 2.05) is 19.1 Å². The lowest BCUT2D eigenvalue weighted by molar-refractivity contribution is 0.217. The molecule has 0 radical (unpaired) electrons. The fourth-order valence-electron chi connectivity index (χ4n) is 1.44. The predicted octanol–water partition coefficient (Wildman–Crippen LogP) is 2.97. The summed E-state index contributed by atoms with van der Waals surface area (Å²) in [5.41, 5.74) is 0.257. The Morgan fingerprint density at radius 3 is 2.88 bits per heavy atom. The minimum atomic E-state index is -0.330. The second-order valence-corrected chi connectivity index (χ2v) is 3.79. The summed E-state index contributed by atoms with van der Waals surface area (Å²) in [6.45, 7) is 4.10. The molecular formula is C13H14O3. The van der Waals surface area contributed by atoms with Crippen molar-refractivity contribution in [2.24, 2.45) is 0 Å². The zero-order chi connectivity index (χ0) is 11.5. The van der Waals surface area contributed by atoms with Crippen LogP contribution < -0.4 is 10.4 Å². The van der Waals surface area contributed by atoms with E-state index in [0.717, 1.165) is 17.6 Å². The zero-order valence-corrected chi connectivity index (χ0v) is 9.40. The summed E-state index contributed by atoms with van der Waals surface area (Å²) in [5.74, 6) is 0.802. The Hall–Kier alpha value is -1.77. The minimum absolute atomic E-state index is 0.188. The van der Waals surface area contributed by atoms with Crippen LogP contribution in [0.5, 0.6) is 5.75 Å².